The van der Waals surface area contributed by atoms with Crippen molar-refractivity contribution in [3.05, 3.63) is 84.8 Å². The van der Waals surface area contributed by atoms with E-state index in [1.807, 2.05) is 0 Å². The number of alkyl halides is 3. The van der Waals surface area contributed by atoms with Crippen LogP contribution >= 0.6 is 11.6 Å². The third kappa shape index (κ3) is 5.55. The lowest BCUT2D eigenvalue weighted by molar-refractivity contribution is -0.275. The zero-order chi connectivity index (χ0) is 26.0. The molecule has 190 valence electrons. The lowest BCUT2D eigenvalue weighted by Gasteiger charge is -2.21. The topological polar surface area (TPSA) is 122 Å². The monoisotopic (exact) mass is 524 g/mol. The Bertz CT molecular complexity index is 1510. The predicted octanol–water partition coefficient (Wildman–Crippen LogP) is 3.63. The Hall–Kier alpha value is -3.77. The molecule has 3 N–H and O–H groups in total. The lowest BCUT2D eigenvalue weighted by atomic mass is 9.95. The Balaban J connectivity index is 1.87. The Morgan fingerprint density at radius 2 is 1.89 bits per heavy atom. The van der Waals surface area contributed by atoms with Crippen molar-refractivity contribution >= 4 is 22.8 Å². The van der Waals surface area contributed by atoms with E-state index in [1.54, 1.807) is 24.3 Å². The summed E-state index contributed by atoms with van der Waals surface area (Å²) in [5.41, 5.74) is -0.316. The summed E-state index contributed by atoms with van der Waals surface area (Å²) in [5, 5.41) is 9.81. The van der Waals surface area contributed by atoms with Crippen molar-refractivity contribution < 1.29 is 27.9 Å². The molecule has 13 heteroatoms. The second-order valence-electron chi connectivity index (χ2n) is 7.91. The number of benzene rings is 2. The maximum atomic E-state index is 13.3. The summed E-state index contributed by atoms with van der Waals surface area (Å²) in [6, 6.07) is 7.97. The molecule has 0 aliphatic carbocycles. The molecular weight excluding hydrogens is 505 g/mol. The highest BCUT2D eigenvalue weighted by molar-refractivity contribution is 6.30. The van der Waals surface area contributed by atoms with Crippen molar-refractivity contribution in [2.24, 2.45) is 0 Å². The van der Waals surface area contributed by atoms with E-state index in [0.717, 1.165) is 11.1 Å². The average molecular weight is 525 g/mol. The highest BCUT2D eigenvalue weighted by atomic mass is 35.5. The van der Waals surface area contributed by atoms with Gasteiger partial charge in [-0.25, -0.2) is 9.78 Å². The molecule has 2 heterocycles. The number of aliphatic hydroxyl groups excluding tert-OH is 1. The molecule has 0 atom stereocenters. The Kier molecular flexibility index (Phi) is 7.09. The number of nitrogens with one attached hydrogen (secondary N) is 2. The smallest absolute Gasteiger partial charge is 0.405 e. The minimum atomic E-state index is -4.95. The Morgan fingerprint density at radius 3 is 2.56 bits per heavy atom. The van der Waals surface area contributed by atoms with Crippen molar-refractivity contribution in [3.8, 4) is 11.5 Å². The van der Waals surface area contributed by atoms with Crippen LogP contribution < -0.4 is 20.8 Å². The fourth-order valence-electron chi connectivity index (χ4n) is 3.84. The number of aliphatic hydroxyl groups is 1. The van der Waals surface area contributed by atoms with E-state index in [1.165, 1.54) is 13.0 Å². The van der Waals surface area contributed by atoms with Gasteiger partial charge in [0.1, 0.15) is 12.1 Å². The molecule has 2 aromatic carbocycles. The summed E-state index contributed by atoms with van der Waals surface area (Å²) >= 11 is 5.93. The van der Waals surface area contributed by atoms with Gasteiger partial charge in [0.2, 0.25) is 0 Å². The fourth-order valence-corrected chi connectivity index (χ4v) is 3.97. The molecule has 2 aromatic heterocycles. The molecule has 0 spiro atoms. The molecular formula is C23H20ClF3N4O5. The summed E-state index contributed by atoms with van der Waals surface area (Å²) in [6.45, 7) is 1.25. The van der Waals surface area contributed by atoms with Crippen molar-refractivity contribution in [1.82, 2.24) is 19.7 Å². The molecule has 0 aliphatic heterocycles. The van der Waals surface area contributed by atoms with Crippen LogP contribution in [0.25, 0.3) is 11.2 Å². The highest BCUT2D eigenvalue weighted by Crippen LogP contribution is 2.39. The maximum absolute atomic E-state index is 13.3. The number of nitrogens with zero attached hydrogens (tertiary/aromatic N) is 2. The number of ether oxygens (including phenoxy) is 1. The number of rotatable bonds is 8. The summed E-state index contributed by atoms with van der Waals surface area (Å²) in [7, 11) is 0. The average Bonchev–Trinajstić information content (AvgIpc) is 3.19. The first-order valence-electron chi connectivity index (χ1n) is 10.7. The van der Waals surface area contributed by atoms with Crippen LogP contribution in [0.1, 0.15) is 28.7 Å². The third-order valence-corrected chi connectivity index (χ3v) is 5.66. The number of H-pyrrole nitrogens is 2. The first-order valence-corrected chi connectivity index (χ1v) is 11.1. The minimum absolute atomic E-state index is 0.0317. The van der Waals surface area contributed by atoms with Crippen LogP contribution in [-0.4, -0.2) is 37.8 Å². The van der Waals surface area contributed by atoms with Crippen molar-refractivity contribution in [2.75, 3.05) is 6.61 Å². The van der Waals surface area contributed by atoms with Gasteiger partial charge in [-0.2, -0.15) is 4.73 Å². The number of imidazole rings is 1. The molecule has 4 aromatic rings. The van der Waals surface area contributed by atoms with Crippen LogP contribution in [0.3, 0.4) is 0 Å². The minimum Gasteiger partial charge on any atom is -0.405 e. The molecule has 4 rings (SSSR count). The van der Waals surface area contributed by atoms with E-state index in [9.17, 15) is 27.9 Å². The summed E-state index contributed by atoms with van der Waals surface area (Å²) in [6.07, 6.45) is -3.35. The van der Waals surface area contributed by atoms with Gasteiger partial charge < -0.3 is 14.7 Å². The predicted molar refractivity (Wildman–Crippen MR) is 125 cm³/mol. The number of hydrogen-bond acceptors (Lipinski definition) is 6. The van der Waals surface area contributed by atoms with Gasteiger partial charge >= 0.3 is 12.1 Å². The van der Waals surface area contributed by atoms with Gasteiger partial charge in [0, 0.05) is 29.2 Å². The zero-order valence-corrected chi connectivity index (χ0v) is 19.5. The molecule has 0 amide bonds. The van der Waals surface area contributed by atoms with Crippen molar-refractivity contribution in [3.63, 3.8) is 0 Å². The van der Waals surface area contributed by atoms with Crippen LogP contribution in [0.4, 0.5) is 13.2 Å². The molecule has 0 saturated heterocycles. The van der Waals surface area contributed by atoms with E-state index in [2.05, 4.69) is 19.7 Å². The molecule has 0 bridgehead atoms. The quantitative estimate of drug-likeness (QED) is 0.323. The van der Waals surface area contributed by atoms with E-state index < -0.39 is 17.6 Å². The maximum Gasteiger partial charge on any atom is 0.573 e. The summed E-state index contributed by atoms with van der Waals surface area (Å²) < 4.78 is 45.5. The second kappa shape index (κ2) is 10.1. The Labute approximate surface area is 206 Å². The van der Waals surface area contributed by atoms with E-state index in [0.29, 0.717) is 16.1 Å². The van der Waals surface area contributed by atoms with Crippen LogP contribution in [0.2, 0.25) is 5.02 Å². The van der Waals surface area contributed by atoms with Gasteiger partial charge in [-0.3, -0.25) is 14.8 Å². The Morgan fingerprint density at radius 1 is 1.17 bits per heavy atom. The van der Waals surface area contributed by atoms with Gasteiger partial charge in [0.25, 0.3) is 5.56 Å². The van der Waals surface area contributed by atoms with Crippen LogP contribution in [0.15, 0.2) is 46.2 Å². The molecule has 0 aliphatic rings. The standard InChI is InChI=1S/C23H20ClF3N4O5/c1-12-16(3-2-8-32)17(36-31-11-28-20-18(31)21(33)30-22(34)29-20)10-14(19(12)35-23(25,26)27)9-13-4-6-15(24)7-5-13/h4-7,10-11,32H,2-3,8-9H2,1H3,(H2,29,30,33,34). The zero-order valence-electron chi connectivity index (χ0n) is 18.8. The highest BCUT2D eigenvalue weighted by Gasteiger charge is 2.34. The molecule has 0 unspecified atom stereocenters. The SMILES string of the molecule is Cc1c(CCCO)c(On2cnc3[nH]c(=O)[nH]c(=O)c32)cc(Cc2ccc(Cl)cc2)c1OC(F)(F)F. The first-order chi connectivity index (χ1) is 17.1. The van der Waals surface area contributed by atoms with Crippen LogP contribution in [0, 0.1) is 6.92 Å². The number of fused-ring (bicyclic) bond motifs is 1. The number of halogens is 4. The van der Waals surface area contributed by atoms with Crippen LogP contribution in [-0.2, 0) is 12.8 Å². The normalized spacial score (nSPS) is 11.7. The van der Waals surface area contributed by atoms with E-state index in [-0.39, 0.29) is 59.7 Å². The molecule has 9 nitrogen and oxygen atoms in total. The van der Waals surface area contributed by atoms with Crippen LogP contribution in [0.5, 0.6) is 11.5 Å². The largest absolute Gasteiger partial charge is 0.573 e. The summed E-state index contributed by atoms with van der Waals surface area (Å²) in [5.74, 6) is -0.250. The van der Waals surface area contributed by atoms with E-state index >= 15 is 0 Å². The fraction of sp³-hybridized carbons (Fsp3) is 0.261. The third-order valence-electron chi connectivity index (χ3n) is 5.41. The van der Waals surface area contributed by atoms with Crippen molar-refractivity contribution in [1.29, 1.82) is 0 Å². The number of aromatic nitrogens is 4. The van der Waals surface area contributed by atoms with Gasteiger partial charge in [0.05, 0.1) is 0 Å². The van der Waals surface area contributed by atoms with E-state index in [4.69, 9.17) is 16.4 Å². The number of hydrogen-bond donors (Lipinski definition) is 3. The molecule has 0 radical (unpaired) electrons. The van der Waals surface area contributed by atoms with Gasteiger partial charge in [-0.1, -0.05) is 23.7 Å². The van der Waals surface area contributed by atoms with Gasteiger partial charge in [0.15, 0.2) is 16.9 Å². The van der Waals surface area contributed by atoms with Gasteiger partial charge in [-0.15, -0.1) is 13.2 Å². The number of aromatic amines is 2. The molecule has 36 heavy (non-hydrogen) atoms. The second-order valence-corrected chi connectivity index (χ2v) is 8.35. The first kappa shape index (κ1) is 25.3. The summed E-state index contributed by atoms with van der Waals surface area (Å²) in [4.78, 5) is 38.2. The lowest BCUT2D eigenvalue weighted by Crippen LogP contribution is -2.24. The molecule has 0 fully saturated rings. The molecule has 0 saturated carbocycles. The van der Waals surface area contributed by atoms with Gasteiger partial charge in [-0.05, 0) is 49.1 Å². The van der Waals surface area contributed by atoms with Crippen molar-refractivity contribution in [2.45, 2.75) is 32.5 Å².